The summed E-state index contributed by atoms with van der Waals surface area (Å²) in [6, 6.07) is 18.4. The molecule has 0 unspecified atom stereocenters. The third-order valence-corrected chi connectivity index (χ3v) is 12.5. The molecule has 0 saturated carbocycles. The maximum absolute atomic E-state index is 14.8. The lowest BCUT2D eigenvalue weighted by Crippen LogP contribution is -2.57. The maximum atomic E-state index is 14.8. The van der Waals surface area contributed by atoms with Gasteiger partial charge in [0.05, 0.1) is 35.5 Å². The Hall–Kier alpha value is -5.83. The van der Waals surface area contributed by atoms with Gasteiger partial charge in [-0.15, -0.1) is 0 Å². The number of aromatic nitrogens is 3. The summed E-state index contributed by atoms with van der Waals surface area (Å²) in [5.74, 6) is -5.65. The van der Waals surface area contributed by atoms with Crippen LogP contribution < -0.4 is 0 Å². The van der Waals surface area contributed by atoms with E-state index in [0.717, 1.165) is 21.0 Å². The highest BCUT2D eigenvalue weighted by molar-refractivity contribution is 6.00. The molecule has 14 heteroatoms. The molecule has 1 saturated heterocycles. The van der Waals surface area contributed by atoms with E-state index in [4.69, 9.17) is 28.4 Å². The van der Waals surface area contributed by atoms with Gasteiger partial charge in [-0.05, 0) is 95.4 Å². The highest BCUT2D eigenvalue weighted by atomic mass is 16.7. The summed E-state index contributed by atoms with van der Waals surface area (Å²) in [6.45, 7) is 15.4. The van der Waals surface area contributed by atoms with Gasteiger partial charge in [0.25, 0.3) is 0 Å². The zero-order chi connectivity index (χ0) is 47.1. The summed E-state index contributed by atoms with van der Waals surface area (Å²) in [6.07, 6.45) is 6.33. The molecule has 0 amide bonds. The largest absolute Gasteiger partial charge is 0.457 e. The van der Waals surface area contributed by atoms with Crippen LogP contribution in [0.4, 0.5) is 4.79 Å². The lowest BCUT2D eigenvalue weighted by molar-refractivity contribution is -0.295. The number of allylic oxidation sites excluding steroid dienone is 1. The Kier molecular flexibility index (Phi) is 15.7. The predicted molar refractivity (Wildman–Crippen MR) is 242 cm³/mol. The maximum Gasteiger partial charge on any atom is 0.420 e. The molecule has 1 fully saturated rings. The average Bonchev–Trinajstić information content (AvgIpc) is 3.84. The summed E-state index contributed by atoms with van der Waals surface area (Å²) in [7, 11) is 0. The summed E-state index contributed by atoms with van der Waals surface area (Å²) in [5, 5.41) is 0.967. The van der Waals surface area contributed by atoms with E-state index >= 15 is 0 Å². The van der Waals surface area contributed by atoms with Crippen molar-refractivity contribution in [1.82, 2.24) is 14.5 Å². The number of para-hydroxylation sites is 1. The second kappa shape index (κ2) is 21.0. The van der Waals surface area contributed by atoms with Gasteiger partial charge in [0, 0.05) is 41.7 Å². The molecule has 2 aromatic carbocycles. The number of esters is 2. The van der Waals surface area contributed by atoms with Crippen molar-refractivity contribution in [2.75, 3.05) is 6.61 Å². The molecule has 14 nitrogen and oxygen atoms in total. The van der Waals surface area contributed by atoms with Crippen molar-refractivity contribution in [3.8, 4) is 0 Å². The molecule has 11 atom stereocenters. The van der Waals surface area contributed by atoms with Crippen LogP contribution in [0, 0.1) is 23.7 Å². The van der Waals surface area contributed by atoms with Crippen molar-refractivity contribution in [3.63, 3.8) is 0 Å². The quantitative estimate of drug-likeness (QED) is 0.0842. The Morgan fingerprint density at radius 1 is 0.985 bits per heavy atom. The lowest BCUT2D eigenvalue weighted by Gasteiger charge is -2.46. The number of hydrogen-bond donors (Lipinski definition) is 0. The number of nitrogens with zero attached hydrogens (tertiary/aromatic N) is 3. The number of benzene rings is 2. The minimum atomic E-state index is -1.64. The first kappa shape index (κ1) is 48.6. The van der Waals surface area contributed by atoms with Crippen molar-refractivity contribution in [3.05, 3.63) is 114 Å². The standard InChI is InChI=1S/C51H61N3O11/c1-10-41-50(8,65-49(59)54-23-22-52-30-54)27-32(3)42(55)33(4)28-51(9,60-24-16-17-37-26-39-20-14-15-21-40(39)53-29-37)45(35(6)43(56)36(7)46(57)62-41)64-48-44(31(2)25-34(5)61-48)63-47(58)38-18-12-11-13-19-38/h11-23,26-27,29-31,33-36,41,44-45,48H,10,24-25,28H2,1-9H3/b17-16+,32-27+/t31-,33+,34+,35-,36+,41+,44+,45+,48-,50-,51+/m0/s1. The number of ketones is 2. The van der Waals surface area contributed by atoms with Crippen molar-refractivity contribution in [1.29, 1.82) is 0 Å². The van der Waals surface area contributed by atoms with Crippen LogP contribution in [0.3, 0.4) is 0 Å². The van der Waals surface area contributed by atoms with E-state index in [0.29, 0.717) is 12.0 Å². The molecule has 2 aliphatic heterocycles. The molecular weight excluding hydrogens is 831 g/mol. The van der Waals surface area contributed by atoms with E-state index in [9.17, 15) is 24.0 Å². The molecule has 65 heavy (non-hydrogen) atoms. The predicted octanol–water partition coefficient (Wildman–Crippen LogP) is 8.76. The zero-order valence-corrected chi connectivity index (χ0v) is 38.7. The number of Topliss-reactive ketones (excluding diaryl/α,β-unsaturated/α-hetero) is 2. The van der Waals surface area contributed by atoms with E-state index in [1.165, 1.54) is 31.7 Å². The number of carbonyl (C=O) groups excluding carboxylic acids is 5. The number of ether oxygens (including phenoxy) is 6. The van der Waals surface area contributed by atoms with Gasteiger partial charge in [0.1, 0.15) is 18.3 Å². The molecule has 0 spiro atoms. The molecule has 0 N–H and O–H groups in total. The molecular formula is C51H61N3O11. The molecule has 0 aliphatic carbocycles. The third-order valence-electron chi connectivity index (χ3n) is 12.5. The van der Waals surface area contributed by atoms with E-state index < -0.39 is 77.4 Å². The number of fused-ring (bicyclic) bond motifs is 1. The van der Waals surface area contributed by atoms with Crippen molar-refractivity contribution in [2.45, 2.75) is 123 Å². The van der Waals surface area contributed by atoms with E-state index in [-0.39, 0.29) is 42.8 Å². The van der Waals surface area contributed by atoms with Crippen LogP contribution in [-0.4, -0.2) is 92.6 Å². The van der Waals surface area contributed by atoms with Crippen molar-refractivity contribution >= 4 is 46.6 Å². The molecule has 0 bridgehead atoms. The Balaban J connectivity index is 1.41. The van der Waals surface area contributed by atoms with Gasteiger partial charge >= 0.3 is 18.0 Å². The topological polar surface area (TPSA) is 171 Å². The van der Waals surface area contributed by atoms with Gasteiger partial charge in [-0.1, -0.05) is 76.2 Å². The Morgan fingerprint density at radius 3 is 2.42 bits per heavy atom. The number of hydrogen-bond acceptors (Lipinski definition) is 13. The second-order valence-corrected chi connectivity index (χ2v) is 17.9. The monoisotopic (exact) mass is 891 g/mol. The van der Waals surface area contributed by atoms with Crippen LogP contribution >= 0.6 is 0 Å². The first-order valence-electron chi connectivity index (χ1n) is 22.3. The molecule has 6 rings (SSSR count). The fraction of sp³-hybridized carbons (Fsp3) is 0.471. The van der Waals surface area contributed by atoms with Crippen molar-refractivity contribution < 1.29 is 52.4 Å². The SMILES string of the molecule is CC[C@H]1OC(=O)[C@H](C)C(=O)[C@H](C)[C@@H](O[C@@H]2O[C@H](C)C[C@H](C)[C@H]2OC(=O)c2ccccc2)[C@](C)(OC/C=C/c2cnc3ccccc3c2)C[C@@H](C)C(=O)/C(C)=C/[C@]1(C)OC(=O)n1ccnc1. The van der Waals surface area contributed by atoms with E-state index in [1.54, 1.807) is 78.1 Å². The van der Waals surface area contributed by atoms with Gasteiger partial charge < -0.3 is 28.4 Å². The van der Waals surface area contributed by atoms with Gasteiger partial charge in [-0.3, -0.25) is 19.4 Å². The first-order chi connectivity index (χ1) is 30.9. The van der Waals surface area contributed by atoms with Gasteiger partial charge in [0.2, 0.25) is 0 Å². The fourth-order valence-electron chi connectivity index (χ4n) is 9.02. The molecule has 4 heterocycles. The average molecular weight is 892 g/mol. The summed E-state index contributed by atoms with van der Waals surface area (Å²) < 4.78 is 39.6. The van der Waals surface area contributed by atoms with Crippen LogP contribution in [-0.2, 0) is 42.8 Å². The van der Waals surface area contributed by atoms with Crippen LogP contribution in [0.15, 0.2) is 103 Å². The van der Waals surface area contributed by atoms with E-state index in [2.05, 4.69) is 9.97 Å². The van der Waals surface area contributed by atoms with Crippen LogP contribution in [0.25, 0.3) is 17.0 Å². The fourth-order valence-corrected chi connectivity index (χ4v) is 9.02. The third kappa shape index (κ3) is 11.5. The number of imidazole rings is 1. The Labute approximate surface area is 380 Å². The summed E-state index contributed by atoms with van der Waals surface area (Å²) in [4.78, 5) is 78.9. The smallest absolute Gasteiger partial charge is 0.420 e. The molecule has 0 radical (unpaired) electrons. The Morgan fingerprint density at radius 2 is 1.71 bits per heavy atom. The van der Waals surface area contributed by atoms with Crippen LogP contribution in [0.1, 0.15) is 97.5 Å². The number of pyridine rings is 1. The summed E-state index contributed by atoms with van der Waals surface area (Å²) in [5.41, 5.74) is -0.793. The van der Waals surface area contributed by atoms with Crippen LogP contribution in [0.2, 0.25) is 0 Å². The molecule has 2 aromatic heterocycles. The van der Waals surface area contributed by atoms with E-state index in [1.807, 2.05) is 56.3 Å². The summed E-state index contributed by atoms with van der Waals surface area (Å²) >= 11 is 0. The number of cyclic esters (lactones) is 1. The van der Waals surface area contributed by atoms with Crippen LogP contribution in [0.5, 0.6) is 0 Å². The Bertz CT molecular complexity index is 2380. The molecule has 346 valence electrons. The van der Waals surface area contributed by atoms with Gasteiger partial charge in [-0.2, -0.15) is 0 Å². The highest BCUT2D eigenvalue weighted by Gasteiger charge is 2.51. The van der Waals surface area contributed by atoms with Gasteiger partial charge in [0.15, 0.2) is 29.6 Å². The molecule has 4 aromatic rings. The first-order valence-corrected chi connectivity index (χ1v) is 22.3. The number of rotatable bonds is 10. The molecule has 2 aliphatic rings. The minimum Gasteiger partial charge on any atom is -0.457 e. The second-order valence-electron chi connectivity index (χ2n) is 17.9. The van der Waals surface area contributed by atoms with Crippen molar-refractivity contribution in [2.24, 2.45) is 23.7 Å². The minimum absolute atomic E-state index is 0.0165. The normalized spacial score (nSPS) is 31.4. The highest BCUT2D eigenvalue weighted by Crippen LogP contribution is 2.39. The zero-order valence-electron chi connectivity index (χ0n) is 38.7. The lowest BCUT2D eigenvalue weighted by atomic mass is 9.76. The number of carbonyl (C=O) groups is 5. The van der Waals surface area contributed by atoms with Gasteiger partial charge in [-0.25, -0.2) is 19.1 Å².